The highest BCUT2D eigenvalue weighted by Gasteiger charge is 2.47. The van der Waals surface area contributed by atoms with Gasteiger partial charge in [-0.25, -0.2) is 13.6 Å². The lowest BCUT2D eigenvalue weighted by molar-refractivity contribution is -0.140. The summed E-state index contributed by atoms with van der Waals surface area (Å²) in [5.41, 5.74) is -0.161. The predicted octanol–water partition coefficient (Wildman–Crippen LogP) is 5.86. The Hall–Kier alpha value is -1.79. The van der Waals surface area contributed by atoms with Gasteiger partial charge in [-0.1, -0.05) is 6.07 Å². The average Bonchev–Trinajstić information content (AvgIpc) is 2.90. The molecule has 0 saturated carbocycles. The first-order valence-electron chi connectivity index (χ1n) is 9.63. The highest BCUT2D eigenvalue weighted by Crippen LogP contribution is 2.35. The van der Waals surface area contributed by atoms with E-state index >= 15 is 0 Å². The van der Waals surface area contributed by atoms with Crippen molar-refractivity contribution >= 4 is 45.3 Å². The number of alkyl halides is 5. The van der Waals surface area contributed by atoms with Gasteiger partial charge in [-0.15, -0.1) is 0 Å². The van der Waals surface area contributed by atoms with E-state index in [0.29, 0.717) is 20.3 Å². The van der Waals surface area contributed by atoms with Crippen LogP contribution in [-0.4, -0.2) is 52.4 Å². The number of carbonyl (C=O) groups is 1. The van der Waals surface area contributed by atoms with Crippen LogP contribution in [0.25, 0.3) is 10.9 Å². The van der Waals surface area contributed by atoms with E-state index in [4.69, 9.17) is 4.74 Å². The van der Waals surface area contributed by atoms with Crippen LogP contribution in [0.1, 0.15) is 27.2 Å². The van der Waals surface area contributed by atoms with Gasteiger partial charge < -0.3 is 19.5 Å². The molecule has 172 valence electrons. The average molecular weight is 559 g/mol. The Bertz CT molecular complexity index is 968. The molecule has 1 aliphatic heterocycles. The lowest BCUT2D eigenvalue weighted by atomic mass is 10.00. The third-order valence-corrected chi connectivity index (χ3v) is 5.71. The maximum atomic E-state index is 14.8. The standard InChI is InChI=1S/C20H23F5IN3O2/c1-18(2,3)31-17(30)28-8-7-15(19(21,22)10-28)27-13-5-4-6-14-12(13)9-16(26)29(14)11-20(23,24)25/h4-6,9,15,27H,7-8,10-11H2,1-3H3. The smallest absolute Gasteiger partial charge is 0.410 e. The Kier molecular flexibility index (Phi) is 6.38. The van der Waals surface area contributed by atoms with Crippen LogP contribution < -0.4 is 5.32 Å². The maximum Gasteiger partial charge on any atom is 0.410 e. The number of likely N-dealkylation sites (tertiary alicyclic amines) is 1. The molecule has 1 aromatic carbocycles. The van der Waals surface area contributed by atoms with E-state index in [9.17, 15) is 26.7 Å². The molecule has 0 radical (unpaired) electrons. The number of hydrogen-bond donors (Lipinski definition) is 1. The van der Waals surface area contributed by atoms with Crippen molar-refractivity contribution < 1.29 is 31.5 Å². The summed E-state index contributed by atoms with van der Waals surface area (Å²) in [4.78, 5) is 13.1. The van der Waals surface area contributed by atoms with Crippen LogP contribution in [-0.2, 0) is 11.3 Å². The minimum atomic E-state index is -4.41. The van der Waals surface area contributed by atoms with Gasteiger partial charge in [-0.2, -0.15) is 13.2 Å². The van der Waals surface area contributed by atoms with Crippen LogP contribution in [0.3, 0.4) is 0 Å². The monoisotopic (exact) mass is 559 g/mol. The number of nitrogens with zero attached hydrogens (tertiary/aromatic N) is 2. The second-order valence-electron chi connectivity index (χ2n) is 8.56. The van der Waals surface area contributed by atoms with E-state index in [1.807, 2.05) is 0 Å². The summed E-state index contributed by atoms with van der Waals surface area (Å²) in [6.45, 7) is 3.08. The molecule has 1 saturated heterocycles. The Morgan fingerprint density at radius 3 is 2.55 bits per heavy atom. The first-order chi connectivity index (χ1) is 14.2. The topological polar surface area (TPSA) is 46.5 Å². The minimum absolute atomic E-state index is 0.0387. The van der Waals surface area contributed by atoms with Gasteiger partial charge in [0.2, 0.25) is 0 Å². The predicted molar refractivity (Wildman–Crippen MR) is 115 cm³/mol. The quantitative estimate of drug-likeness (QED) is 0.379. The molecule has 11 heteroatoms. The second kappa shape index (κ2) is 8.28. The van der Waals surface area contributed by atoms with Gasteiger partial charge in [-0.3, -0.25) is 0 Å². The molecule has 0 spiro atoms. The molecule has 1 atom stereocenters. The summed E-state index contributed by atoms with van der Waals surface area (Å²) in [7, 11) is 0. The number of carbonyl (C=O) groups excluding carboxylic acids is 1. The molecular weight excluding hydrogens is 536 g/mol. The number of rotatable bonds is 3. The summed E-state index contributed by atoms with van der Waals surface area (Å²) in [6, 6.07) is 4.88. The van der Waals surface area contributed by atoms with Crippen LogP contribution in [0, 0.1) is 3.70 Å². The summed E-state index contributed by atoms with van der Waals surface area (Å²) in [5.74, 6) is -3.25. The number of benzene rings is 1. The van der Waals surface area contributed by atoms with E-state index < -0.39 is 42.9 Å². The summed E-state index contributed by atoms with van der Waals surface area (Å²) in [6.07, 6.45) is -5.24. The summed E-state index contributed by atoms with van der Waals surface area (Å²) < 4.78 is 75.1. The number of amides is 1. The zero-order valence-electron chi connectivity index (χ0n) is 17.2. The maximum absolute atomic E-state index is 14.8. The number of halogens is 6. The van der Waals surface area contributed by atoms with Crippen LogP contribution in [0.5, 0.6) is 0 Å². The van der Waals surface area contributed by atoms with Crippen molar-refractivity contribution in [2.75, 3.05) is 18.4 Å². The second-order valence-corrected chi connectivity index (χ2v) is 9.66. The Balaban J connectivity index is 1.80. The zero-order chi connectivity index (χ0) is 23.2. The molecule has 1 amide bonds. The van der Waals surface area contributed by atoms with E-state index in [1.54, 1.807) is 49.4 Å². The molecule has 0 aliphatic carbocycles. The third-order valence-electron chi connectivity index (χ3n) is 4.81. The van der Waals surface area contributed by atoms with Gasteiger partial charge in [0.25, 0.3) is 5.92 Å². The number of aromatic nitrogens is 1. The number of anilines is 1. The SMILES string of the molecule is CC(C)(C)OC(=O)N1CCC(Nc2cccc3c2cc(I)n3CC(F)(F)F)C(F)(F)C1. The first-order valence-corrected chi connectivity index (χ1v) is 10.7. The van der Waals surface area contributed by atoms with Crippen LogP contribution in [0.15, 0.2) is 24.3 Å². The van der Waals surface area contributed by atoms with Crippen LogP contribution >= 0.6 is 22.6 Å². The molecular formula is C20H23F5IN3O2. The number of fused-ring (bicyclic) bond motifs is 1. The highest BCUT2D eigenvalue weighted by atomic mass is 127. The number of hydrogen-bond acceptors (Lipinski definition) is 3. The molecule has 0 bridgehead atoms. The lowest BCUT2D eigenvalue weighted by Gasteiger charge is -2.39. The van der Waals surface area contributed by atoms with Gasteiger partial charge in [0.15, 0.2) is 0 Å². The molecule has 2 heterocycles. The molecule has 31 heavy (non-hydrogen) atoms. The molecule has 2 aromatic rings. The molecule has 3 rings (SSSR count). The summed E-state index contributed by atoms with van der Waals surface area (Å²) >= 11 is 1.80. The van der Waals surface area contributed by atoms with Crippen molar-refractivity contribution in [1.82, 2.24) is 9.47 Å². The fourth-order valence-corrected chi connectivity index (χ4v) is 4.25. The van der Waals surface area contributed by atoms with Gasteiger partial charge >= 0.3 is 12.3 Å². The van der Waals surface area contributed by atoms with Crippen molar-refractivity contribution in [3.8, 4) is 0 Å². The van der Waals surface area contributed by atoms with Gasteiger partial charge in [0.05, 0.1) is 21.8 Å². The molecule has 5 nitrogen and oxygen atoms in total. The van der Waals surface area contributed by atoms with Crippen molar-refractivity contribution in [3.05, 3.63) is 28.0 Å². The van der Waals surface area contributed by atoms with Crippen LogP contribution in [0.4, 0.5) is 32.4 Å². The number of nitrogens with one attached hydrogen (secondary N) is 1. The molecule has 1 aromatic heterocycles. The lowest BCUT2D eigenvalue weighted by Crippen LogP contribution is -2.56. The van der Waals surface area contributed by atoms with Gasteiger partial charge in [-0.05, 0) is 68.0 Å². The van der Waals surface area contributed by atoms with E-state index in [-0.39, 0.29) is 13.0 Å². The van der Waals surface area contributed by atoms with Gasteiger partial charge in [0.1, 0.15) is 12.1 Å². The number of piperidine rings is 1. The normalized spacial score (nSPS) is 19.5. The fourth-order valence-electron chi connectivity index (χ4n) is 3.51. The summed E-state index contributed by atoms with van der Waals surface area (Å²) in [5, 5.41) is 3.23. The Morgan fingerprint density at radius 2 is 1.97 bits per heavy atom. The zero-order valence-corrected chi connectivity index (χ0v) is 19.4. The van der Waals surface area contributed by atoms with Gasteiger partial charge in [0, 0.05) is 17.6 Å². The molecule has 1 aliphatic rings. The molecule has 1 N–H and O–H groups in total. The third kappa shape index (κ3) is 5.72. The van der Waals surface area contributed by atoms with E-state index in [1.165, 1.54) is 18.2 Å². The largest absolute Gasteiger partial charge is 0.444 e. The van der Waals surface area contributed by atoms with Crippen molar-refractivity contribution in [1.29, 1.82) is 0 Å². The molecule has 1 fully saturated rings. The number of ether oxygens (including phenoxy) is 1. The van der Waals surface area contributed by atoms with E-state index in [0.717, 1.165) is 9.47 Å². The minimum Gasteiger partial charge on any atom is -0.444 e. The first kappa shape index (κ1) is 23.9. The Labute approximate surface area is 190 Å². The Morgan fingerprint density at radius 1 is 1.29 bits per heavy atom. The molecule has 1 unspecified atom stereocenters. The van der Waals surface area contributed by atoms with Crippen molar-refractivity contribution in [2.24, 2.45) is 0 Å². The van der Waals surface area contributed by atoms with Crippen LogP contribution in [0.2, 0.25) is 0 Å². The van der Waals surface area contributed by atoms with Crippen molar-refractivity contribution in [3.63, 3.8) is 0 Å². The fraction of sp³-hybridized carbons (Fsp3) is 0.550. The highest BCUT2D eigenvalue weighted by molar-refractivity contribution is 14.1. The van der Waals surface area contributed by atoms with Crippen molar-refractivity contribution in [2.45, 2.75) is 57.5 Å². The van der Waals surface area contributed by atoms with E-state index in [2.05, 4.69) is 5.32 Å².